The van der Waals surface area contributed by atoms with Crippen molar-refractivity contribution in [2.75, 3.05) is 0 Å². The Labute approximate surface area is 67.0 Å². The third-order valence-electron chi connectivity index (χ3n) is 1.21. The topological polar surface area (TPSA) is 25.2 Å². The molecule has 0 bridgehead atoms. The maximum atomic E-state index is 4.23. The van der Waals surface area contributed by atoms with Crippen molar-refractivity contribution in [3.63, 3.8) is 0 Å². The normalized spacial score (nSPS) is 11.2. The van der Waals surface area contributed by atoms with E-state index in [4.69, 9.17) is 0 Å². The zero-order valence-electron chi connectivity index (χ0n) is 6.86. The number of pyridine rings is 1. The number of aliphatic imine (C=N–C) groups is 1. The van der Waals surface area contributed by atoms with Gasteiger partial charge in [-0.25, -0.2) is 0 Å². The molecule has 0 unspecified atom stereocenters. The quantitative estimate of drug-likeness (QED) is 0.588. The lowest BCUT2D eigenvalue weighted by Crippen LogP contribution is -1.90. The fourth-order valence-corrected chi connectivity index (χ4v) is 0.687. The number of aromatic nitrogens is 1. The molecule has 0 atom stereocenters. The molecule has 1 heterocycles. The lowest BCUT2D eigenvalue weighted by atomic mass is 10.3. The Kier molecular flexibility index (Phi) is 2.78. The van der Waals surface area contributed by atoms with Crippen molar-refractivity contribution in [2.24, 2.45) is 4.99 Å². The molecule has 0 saturated heterocycles. The first-order valence-electron chi connectivity index (χ1n) is 3.72. The summed E-state index contributed by atoms with van der Waals surface area (Å²) in [6.45, 7) is 4.10. The minimum absolute atomic E-state index is 0.357. The summed E-state index contributed by atoms with van der Waals surface area (Å²) in [5, 5.41) is 0. The highest BCUT2D eigenvalue weighted by atomic mass is 14.7. The third-order valence-corrected chi connectivity index (χ3v) is 1.21. The largest absolute Gasteiger partial charge is 0.290 e. The summed E-state index contributed by atoms with van der Waals surface area (Å²) in [5.74, 6) is 0. The Hall–Kier alpha value is -1.18. The van der Waals surface area contributed by atoms with Gasteiger partial charge in [0, 0.05) is 30.2 Å². The predicted molar refractivity (Wildman–Crippen MR) is 47.0 cm³/mol. The average Bonchev–Trinajstić information content (AvgIpc) is 2.03. The van der Waals surface area contributed by atoms with Crippen LogP contribution in [0.5, 0.6) is 0 Å². The van der Waals surface area contributed by atoms with Crippen LogP contribution >= 0.6 is 0 Å². The van der Waals surface area contributed by atoms with Crippen LogP contribution in [-0.2, 0) is 0 Å². The van der Waals surface area contributed by atoms with Gasteiger partial charge in [0.2, 0.25) is 0 Å². The van der Waals surface area contributed by atoms with Gasteiger partial charge in [0.15, 0.2) is 0 Å². The third kappa shape index (κ3) is 2.94. The zero-order valence-corrected chi connectivity index (χ0v) is 6.86. The monoisotopic (exact) mass is 148 g/mol. The SMILES string of the molecule is CC(C)/N=C/c1cccnc1. The van der Waals surface area contributed by atoms with Crippen molar-refractivity contribution < 1.29 is 0 Å². The van der Waals surface area contributed by atoms with E-state index in [1.165, 1.54) is 0 Å². The molecule has 11 heavy (non-hydrogen) atoms. The second-order valence-electron chi connectivity index (χ2n) is 2.66. The molecular formula is C9H12N2. The summed E-state index contributed by atoms with van der Waals surface area (Å²) in [6.07, 6.45) is 5.40. The first kappa shape index (κ1) is 7.92. The van der Waals surface area contributed by atoms with Crippen LogP contribution in [0.4, 0.5) is 0 Å². The summed E-state index contributed by atoms with van der Waals surface area (Å²) < 4.78 is 0. The highest BCUT2D eigenvalue weighted by Gasteiger charge is 1.86. The van der Waals surface area contributed by atoms with E-state index in [-0.39, 0.29) is 0 Å². The smallest absolute Gasteiger partial charge is 0.0443 e. The Morgan fingerprint density at radius 3 is 2.91 bits per heavy atom. The maximum absolute atomic E-state index is 4.23. The molecule has 1 aromatic rings. The Morgan fingerprint density at radius 2 is 2.36 bits per heavy atom. The van der Waals surface area contributed by atoms with Crippen LogP contribution in [0.25, 0.3) is 0 Å². The second kappa shape index (κ2) is 3.86. The van der Waals surface area contributed by atoms with Crippen LogP contribution < -0.4 is 0 Å². The van der Waals surface area contributed by atoms with Gasteiger partial charge in [0.1, 0.15) is 0 Å². The van der Waals surface area contributed by atoms with Crippen LogP contribution in [0, 0.1) is 0 Å². The van der Waals surface area contributed by atoms with Crippen molar-refractivity contribution >= 4 is 6.21 Å². The van der Waals surface area contributed by atoms with Gasteiger partial charge in [-0.15, -0.1) is 0 Å². The zero-order chi connectivity index (χ0) is 8.10. The molecular weight excluding hydrogens is 136 g/mol. The van der Waals surface area contributed by atoms with E-state index >= 15 is 0 Å². The van der Waals surface area contributed by atoms with Gasteiger partial charge in [0.25, 0.3) is 0 Å². The molecule has 58 valence electrons. The van der Waals surface area contributed by atoms with Crippen molar-refractivity contribution in [1.29, 1.82) is 0 Å². The van der Waals surface area contributed by atoms with Gasteiger partial charge in [0.05, 0.1) is 0 Å². The van der Waals surface area contributed by atoms with Crippen molar-refractivity contribution in [3.8, 4) is 0 Å². The summed E-state index contributed by atoms with van der Waals surface area (Å²) in [6, 6.07) is 4.25. The number of rotatable bonds is 2. The maximum Gasteiger partial charge on any atom is 0.0443 e. The lowest BCUT2D eigenvalue weighted by molar-refractivity contribution is 0.841. The van der Waals surface area contributed by atoms with Crippen LogP contribution in [0.15, 0.2) is 29.5 Å². The standard InChI is InChI=1S/C9H12N2/c1-8(2)11-7-9-4-3-5-10-6-9/h3-8H,1-2H3/b11-7+. The first-order valence-corrected chi connectivity index (χ1v) is 3.72. The molecule has 0 spiro atoms. The second-order valence-corrected chi connectivity index (χ2v) is 2.66. The van der Waals surface area contributed by atoms with Crippen molar-refractivity contribution in [3.05, 3.63) is 30.1 Å². The molecule has 2 nitrogen and oxygen atoms in total. The van der Waals surface area contributed by atoms with E-state index < -0.39 is 0 Å². The molecule has 1 rings (SSSR count). The average molecular weight is 148 g/mol. The van der Waals surface area contributed by atoms with Gasteiger partial charge >= 0.3 is 0 Å². The summed E-state index contributed by atoms with van der Waals surface area (Å²) in [4.78, 5) is 8.20. The van der Waals surface area contributed by atoms with Crippen LogP contribution in [-0.4, -0.2) is 17.2 Å². The van der Waals surface area contributed by atoms with Crippen molar-refractivity contribution in [1.82, 2.24) is 4.98 Å². The molecule has 0 radical (unpaired) electrons. The summed E-state index contributed by atoms with van der Waals surface area (Å²) in [7, 11) is 0. The molecule has 1 aromatic heterocycles. The minimum atomic E-state index is 0.357. The van der Waals surface area contributed by atoms with E-state index in [0.717, 1.165) is 5.56 Å². The summed E-state index contributed by atoms with van der Waals surface area (Å²) in [5.41, 5.74) is 1.06. The fourth-order valence-electron chi connectivity index (χ4n) is 0.687. The highest BCUT2D eigenvalue weighted by molar-refractivity contribution is 5.78. The number of hydrogen-bond acceptors (Lipinski definition) is 2. The van der Waals surface area contributed by atoms with E-state index in [2.05, 4.69) is 9.98 Å². The molecule has 0 amide bonds. The Bertz CT molecular complexity index is 227. The lowest BCUT2D eigenvalue weighted by Gasteiger charge is -1.93. The van der Waals surface area contributed by atoms with Crippen LogP contribution in [0.1, 0.15) is 19.4 Å². The number of nitrogens with zero attached hydrogens (tertiary/aromatic N) is 2. The first-order chi connectivity index (χ1) is 5.29. The predicted octanol–water partition coefficient (Wildman–Crippen LogP) is 1.91. The molecule has 0 aliphatic rings. The number of hydrogen-bond donors (Lipinski definition) is 0. The molecule has 0 aromatic carbocycles. The molecule has 0 N–H and O–H groups in total. The minimum Gasteiger partial charge on any atom is -0.290 e. The molecule has 0 aliphatic heterocycles. The molecule has 0 aliphatic carbocycles. The Morgan fingerprint density at radius 1 is 1.55 bits per heavy atom. The van der Waals surface area contributed by atoms with Gasteiger partial charge in [-0.3, -0.25) is 9.98 Å². The van der Waals surface area contributed by atoms with E-state index in [1.807, 2.05) is 32.2 Å². The highest BCUT2D eigenvalue weighted by Crippen LogP contribution is 1.92. The van der Waals surface area contributed by atoms with Gasteiger partial charge < -0.3 is 0 Å². The van der Waals surface area contributed by atoms with Gasteiger partial charge in [-0.05, 0) is 19.9 Å². The van der Waals surface area contributed by atoms with Crippen LogP contribution in [0.3, 0.4) is 0 Å². The van der Waals surface area contributed by atoms with Gasteiger partial charge in [-0.1, -0.05) is 6.07 Å². The summed E-state index contributed by atoms with van der Waals surface area (Å²) >= 11 is 0. The molecule has 0 saturated carbocycles. The Balaban J connectivity index is 2.65. The van der Waals surface area contributed by atoms with Gasteiger partial charge in [-0.2, -0.15) is 0 Å². The van der Waals surface area contributed by atoms with E-state index in [0.29, 0.717) is 6.04 Å². The van der Waals surface area contributed by atoms with Crippen LogP contribution in [0.2, 0.25) is 0 Å². The van der Waals surface area contributed by atoms with E-state index in [1.54, 1.807) is 12.4 Å². The molecule has 2 heteroatoms. The fraction of sp³-hybridized carbons (Fsp3) is 0.333. The van der Waals surface area contributed by atoms with Crippen molar-refractivity contribution in [2.45, 2.75) is 19.9 Å². The van der Waals surface area contributed by atoms with E-state index in [9.17, 15) is 0 Å². The molecule has 0 fully saturated rings.